The monoisotopic (exact) mass is 482 g/mol. The van der Waals surface area contributed by atoms with Crippen molar-refractivity contribution in [3.05, 3.63) is 81.1 Å². The first-order chi connectivity index (χ1) is 16.0. The van der Waals surface area contributed by atoms with Gasteiger partial charge in [-0.3, -0.25) is 4.79 Å². The molecule has 4 aromatic rings. The Morgan fingerprint density at radius 3 is 2.21 bits per heavy atom. The van der Waals surface area contributed by atoms with Gasteiger partial charge in [-0.05, 0) is 55.3 Å². The molecular weight excluding hydrogens is 459 g/mol. The van der Waals surface area contributed by atoms with Crippen LogP contribution < -0.4 is 15.0 Å². The maximum atomic E-state index is 13.3. The Morgan fingerprint density at radius 2 is 1.52 bits per heavy atom. The number of rotatable bonds is 8. The van der Waals surface area contributed by atoms with Gasteiger partial charge in [-0.2, -0.15) is 9.78 Å². The van der Waals surface area contributed by atoms with E-state index in [1.165, 1.54) is 4.68 Å². The predicted molar refractivity (Wildman–Crippen MR) is 134 cm³/mol. The van der Waals surface area contributed by atoms with Crippen LogP contribution in [0, 0.1) is 0 Å². The molecule has 0 unspecified atom stereocenters. The third-order valence-corrected chi connectivity index (χ3v) is 5.83. The summed E-state index contributed by atoms with van der Waals surface area (Å²) in [6, 6.07) is 18.2. The Hall–Kier alpha value is -3.02. The van der Waals surface area contributed by atoms with Crippen LogP contribution in [0.3, 0.4) is 0 Å². The fourth-order valence-electron chi connectivity index (χ4n) is 3.51. The maximum absolute atomic E-state index is 13.3. The summed E-state index contributed by atoms with van der Waals surface area (Å²) in [6.45, 7) is 5.29. The van der Waals surface area contributed by atoms with Gasteiger partial charge in [0.15, 0.2) is 11.5 Å². The second-order valence-corrected chi connectivity index (χ2v) is 8.38. The summed E-state index contributed by atoms with van der Waals surface area (Å²) >= 11 is 12.3. The van der Waals surface area contributed by atoms with E-state index in [0.29, 0.717) is 51.5 Å². The van der Waals surface area contributed by atoms with Crippen molar-refractivity contribution in [2.24, 2.45) is 0 Å². The number of benzene rings is 3. The molecule has 7 heteroatoms. The minimum absolute atomic E-state index is 0.238. The number of hydrogen-bond acceptors (Lipinski definition) is 4. The largest absolute Gasteiger partial charge is 0.490 e. The Balaban J connectivity index is 1.92. The SMILES string of the molecule is CCCOc1ccc(-c2nn(-c3ccc(Cl)c(Cl)c3)c(=O)c3ccccc23)cc1OCCC. The van der Waals surface area contributed by atoms with E-state index < -0.39 is 0 Å². The molecule has 1 aromatic heterocycles. The zero-order valence-corrected chi connectivity index (χ0v) is 20.0. The van der Waals surface area contributed by atoms with Crippen LogP contribution in [-0.4, -0.2) is 23.0 Å². The van der Waals surface area contributed by atoms with E-state index in [2.05, 4.69) is 13.8 Å². The second-order valence-electron chi connectivity index (χ2n) is 7.57. The summed E-state index contributed by atoms with van der Waals surface area (Å²) in [5.41, 5.74) is 1.76. The molecule has 0 spiro atoms. The minimum Gasteiger partial charge on any atom is -0.490 e. The third-order valence-electron chi connectivity index (χ3n) is 5.09. The van der Waals surface area contributed by atoms with Crippen LogP contribution in [0.2, 0.25) is 10.0 Å². The van der Waals surface area contributed by atoms with Gasteiger partial charge in [-0.25, -0.2) is 0 Å². The number of fused-ring (bicyclic) bond motifs is 1. The highest BCUT2D eigenvalue weighted by Crippen LogP contribution is 2.35. The van der Waals surface area contributed by atoms with Gasteiger partial charge >= 0.3 is 0 Å². The molecule has 0 aliphatic rings. The summed E-state index contributed by atoms with van der Waals surface area (Å²) in [6.07, 6.45) is 1.77. The van der Waals surface area contributed by atoms with Crippen LogP contribution >= 0.6 is 23.2 Å². The van der Waals surface area contributed by atoms with Crippen molar-refractivity contribution < 1.29 is 9.47 Å². The van der Waals surface area contributed by atoms with Gasteiger partial charge in [0, 0.05) is 10.9 Å². The second kappa shape index (κ2) is 10.3. The summed E-state index contributed by atoms with van der Waals surface area (Å²) < 4.78 is 13.2. The lowest BCUT2D eigenvalue weighted by Crippen LogP contribution is -2.22. The Bertz CT molecular complexity index is 1350. The molecule has 0 amide bonds. The lowest BCUT2D eigenvalue weighted by Gasteiger charge is -2.15. The van der Waals surface area contributed by atoms with Crippen LogP contribution in [0.1, 0.15) is 26.7 Å². The zero-order valence-electron chi connectivity index (χ0n) is 18.5. The highest BCUT2D eigenvalue weighted by Gasteiger charge is 2.16. The van der Waals surface area contributed by atoms with Crippen molar-refractivity contribution in [2.75, 3.05) is 13.2 Å². The van der Waals surface area contributed by atoms with E-state index in [0.717, 1.165) is 23.8 Å². The molecule has 0 saturated carbocycles. The van der Waals surface area contributed by atoms with E-state index in [-0.39, 0.29) is 5.56 Å². The lowest BCUT2D eigenvalue weighted by atomic mass is 10.0. The number of aromatic nitrogens is 2. The average Bonchev–Trinajstić information content (AvgIpc) is 2.84. The molecule has 0 N–H and O–H groups in total. The van der Waals surface area contributed by atoms with Crippen LogP contribution in [0.4, 0.5) is 0 Å². The first-order valence-corrected chi connectivity index (χ1v) is 11.7. The fourth-order valence-corrected chi connectivity index (χ4v) is 3.80. The van der Waals surface area contributed by atoms with Crippen molar-refractivity contribution in [3.63, 3.8) is 0 Å². The molecule has 0 radical (unpaired) electrons. The van der Waals surface area contributed by atoms with Gasteiger partial charge in [0.1, 0.15) is 0 Å². The quantitative estimate of drug-likeness (QED) is 0.273. The Kier molecular flexibility index (Phi) is 7.21. The molecule has 1 heterocycles. The molecule has 0 fully saturated rings. The topological polar surface area (TPSA) is 53.4 Å². The molecule has 0 bridgehead atoms. The summed E-state index contributed by atoms with van der Waals surface area (Å²) in [5, 5.41) is 6.80. The van der Waals surface area contributed by atoms with Crippen LogP contribution in [-0.2, 0) is 0 Å². The van der Waals surface area contributed by atoms with Crippen LogP contribution in [0.15, 0.2) is 65.5 Å². The average molecular weight is 483 g/mol. The number of nitrogens with zero attached hydrogens (tertiary/aromatic N) is 2. The Labute approximate surface area is 202 Å². The van der Waals surface area contributed by atoms with Crippen LogP contribution in [0.5, 0.6) is 11.5 Å². The lowest BCUT2D eigenvalue weighted by molar-refractivity contribution is 0.268. The van der Waals surface area contributed by atoms with Gasteiger partial charge in [0.2, 0.25) is 0 Å². The summed E-state index contributed by atoms with van der Waals surface area (Å²) in [4.78, 5) is 13.3. The van der Waals surface area contributed by atoms with Gasteiger partial charge in [-0.15, -0.1) is 0 Å². The van der Waals surface area contributed by atoms with Gasteiger partial charge in [0.05, 0.1) is 40.0 Å². The Morgan fingerprint density at radius 1 is 0.818 bits per heavy atom. The van der Waals surface area contributed by atoms with Gasteiger partial charge < -0.3 is 9.47 Å². The first kappa shape index (κ1) is 23.1. The maximum Gasteiger partial charge on any atom is 0.279 e. The van der Waals surface area contributed by atoms with Gasteiger partial charge in [-0.1, -0.05) is 55.2 Å². The molecule has 170 valence electrons. The molecule has 0 saturated heterocycles. The van der Waals surface area contributed by atoms with Gasteiger partial charge in [0.25, 0.3) is 5.56 Å². The van der Waals surface area contributed by atoms with E-state index in [9.17, 15) is 4.79 Å². The zero-order chi connectivity index (χ0) is 23.4. The predicted octanol–water partition coefficient (Wildman–Crippen LogP) is 6.94. The molecule has 4 rings (SSSR count). The highest BCUT2D eigenvalue weighted by atomic mass is 35.5. The van der Waals surface area contributed by atoms with Crippen molar-refractivity contribution in [2.45, 2.75) is 26.7 Å². The molecule has 3 aromatic carbocycles. The molecular formula is C26H24Cl2N2O3. The van der Waals surface area contributed by atoms with E-state index in [1.54, 1.807) is 24.3 Å². The summed E-state index contributed by atoms with van der Waals surface area (Å²) in [5.74, 6) is 1.34. The number of hydrogen-bond donors (Lipinski definition) is 0. The standard InChI is InChI=1S/C26H24Cl2N2O3/c1-3-13-32-23-12-9-17(15-24(23)33-14-4-2)25-19-7-5-6-8-20(19)26(31)30(29-25)18-10-11-21(27)22(28)16-18/h5-12,15-16H,3-4,13-14H2,1-2H3. The van der Waals surface area contributed by atoms with E-state index in [4.69, 9.17) is 37.8 Å². The number of halogens is 2. The molecule has 5 nitrogen and oxygen atoms in total. The normalized spacial score (nSPS) is 11.0. The molecule has 33 heavy (non-hydrogen) atoms. The van der Waals surface area contributed by atoms with Crippen molar-refractivity contribution in [1.29, 1.82) is 0 Å². The minimum atomic E-state index is -0.238. The van der Waals surface area contributed by atoms with E-state index >= 15 is 0 Å². The van der Waals surface area contributed by atoms with E-state index in [1.807, 2.05) is 36.4 Å². The fraction of sp³-hybridized carbons (Fsp3) is 0.231. The third kappa shape index (κ3) is 4.85. The first-order valence-electron chi connectivity index (χ1n) is 10.9. The smallest absolute Gasteiger partial charge is 0.279 e. The summed E-state index contributed by atoms with van der Waals surface area (Å²) in [7, 11) is 0. The highest BCUT2D eigenvalue weighted by molar-refractivity contribution is 6.42. The molecule has 0 aliphatic carbocycles. The van der Waals surface area contributed by atoms with Crippen LogP contribution in [0.25, 0.3) is 27.7 Å². The number of ether oxygens (including phenoxy) is 2. The van der Waals surface area contributed by atoms with Crippen molar-refractivity contribution >= 4 is 34.0 Å². The molecule has 0 aliphatic heterocycles. The van der Waals surface area contributed by atoms with Crippen molar-refractivity contribution in [1.82, 2.24) is 9.78 Å². The molecule has 0 atom stereocenters. The van der Waals surface area contributed by atoms with Crippen molar-refractivity contribution in [3.8, 4) is 28.4 Å².